The molecular formula is C18H19ClN4O4. The number of anilines is 1. The van der Waals surface area contributed by atoms with Crippen LogP contribution in [0.2, 0.25) is 5.02 Å². The van der Waals surface area contributed by atoms with Crippen molar-refractivity contribution in [1.29, 1.82) is 0 Å². The fourth-order valence-corrected chi connectivity index (χ4v) is 3.08. The molecule has 1 aliphatic heterocycles. The molecule has 0 saturated carbocycles. The first-order valence-electron chi connectivity index (χ1n) is 8.25. The fourth-order valence-electron chi connectivity index (χ4n) is 2.81. The summed E-state index contributed by atoms with van der Waals surface area (Å²) in [7, 11) is 1.25. The number of halogens is 1. The predicted molar refractivity (Wildman–Crippen MR) is 99.6 cm³/mol. The lowest BCUT2D eigenvalue weighted by molar-refractivity contribution is -0.136. The molecule has 8 nitrogen and oxygen atoms in total. The summed E-state index contributed by atoms with van der Waals surface area (Å²) in [5, 5.41) is 16.8. The number of carbonyl (C=O) groups excluding carboxylic acids is 2. The molecule has 0 unspecified atom stereocenters. The highest BCUT2D eigenvalue weighted by molar-refractivity contribution is 6.32. The summed E-state index contributed by atoms with van der Waals surface area (Å²) >= 11 is 6.36. The van der Waals surface area contributed by atoms with Crippen LogP contribution in [-0.2, 0) is 14.3 Å². The molecule has 0 spiro atoms. The van der Waals surface area contributed by atoms with Crippen molar-refractivity contribution < 1.29 is 19.4 Å². The van der Waals surface area contributed by atoms with Crippen molar-refractivity contribution in [2.45, 2.75) is 6.92 Å². The Morgan fingerprint density at radius 3 is 2.78 bits per heavy atom. The quantitative estimate of drug-likeness (QED) is 0.726. The Morgan fingerprint density at radius 2 is 2.19 bits per heavy atom. The molecule has 142 valence electrons. The normalized spacial score (nSPS) is 14.1. The number of aliphatic hydroxyl groups is 1. The van der Waals surface area contributed by atoms with E-state index in [-0.39, 0.29) is 36.9 Å². The summed E-state index contributed by atoms with van der Waals surface area (Å²) in [5.41, 5.74) is 2.43. The zero-order chi connectivity index (χ0) is 19.6. The molecule has 2 aromatic rings. The smallest absolute Gasteiger partial charge is 0.337 e. The molecule has 1 aromatic heterocycles. The van der Waals surface area contributed by atoms with Gasteiger partial charge in [-0.25, -0.2) is 9.48 Å². The number of benzene rings is 1. The molecule has 0 atom stereocenters. The highest BCUT2D eigenvalue weighted by Gasteiger charge is 2.34. The summed E-state index contributed by atoms with van der Waals surface area (Å²) in [5.74, 6) is -0.978. The van der Waals surface area contributed by atoms with E-state index < -0.39 is 5.97 Å². The zero-order valence-electron chi connectivity index (χ0n) is 14.9. The SMILES string of the molecule is COC(=O)C1=C(Nc2ccc(-n3ccc(C)n3)c(Cl)c2)C(=O)N(CCO)C1. The van der Waals surface area contributed by atoms with Gasteiger partial charge in [0.2, 0.25) is 0 Å². The van der Waals surface area contributed by atoms with Gasteiger partial charge in [-0.1, -0.05) is 11.6 Å². The van der Waals surface area contributed by atoms with E-state index in [0.29, 0.717) is 16.4 Å². The van der Waals surface area contributed by atoms with E-state index in [9.17, 15) is 9.59 Å². The maximum Gasteiger partial charge on any atom is 0.337 e. The number of hydrogen-bond donors (Lipinski definition) is 2. The molecule has 0 bridgehead atoms. The minimum atomic E-state index is -0.596. The molecule has 9 heteroatoms. The monoisotopic (exact) mass is 390 g/mol. The summed E-state index contributed by atoms with van der Waals surface area (Å²) in [4.78, 5) is 25.9. The van der Waals surface area contributed by atoms with Crippen LogP contribution in [0.3, 0.4) is 0 Å². The van der Waals surface area contributed by atoms with Crippen LogP contribution in [0.1, 0.15) is 5.69 Å². The maximum atomic E-state index is 12.5. The van der Waals surface area contributed by atoms with Gasteiger partial charge in [-0.3, -0.25) is 4.79 Å². The third kappa shape index (κ3) is 3.81. The lowest BCUT2D eigenvalue weighted by Gasteiger charge is -2.15. The van der Waals surface area contributed by atoms with Crippen LogP contribution in [0.15, 0.2) is 41.7 Å². The second kappa shape index (κ2) is 7.81. The Hall–Kier alpha value is -2.84. The van der Waals surface area contributed by atoms with E-state index in [4.69, 9.17) is 21.4 Å². The molecule has 1 aromatic carbocycles. The first-order valence-corrected chi connectivity index (χ1v) is 8.63. The first-order chi connectivity index (χ1) is 12.9. The fraction of sp³-hybridized carbons (Fsp3) is 0.278. The third-order valence-electron chi connectivity index (χ3n) is 4.14. The number of amides is 1. The van der Waals surface area contributed by atoms with Crippen LogP contribution in [0, 0.1) is 6.92 Å². The first kappa shape index (κ1) is 18.9. The van der Waals surface area contributed by atoms with Gasteiger partial charge in [0, 0.05) is 18.4 Å². The van der Waals surface area contributed by atoms with Gasteiger partial charge < -0.3 is 20.1 Å². The lowest BCUT2D eigenvalue weighted by atomic mass is 10.2. The Labute approximate surface area is 161 Å². The van der Waals surface area contributed by atoms with Gasteiger partial charge in [0.1, 0.15) is 5.70 Å². The topological polar surface area (TPSA) is 96.7 Å². The van der Waals surface area contributed by atoms with Gasteiger partial charge in [-0.15, -0.1) is 0 Å². The van der Waals surface area contributed by atoms with Crippen LogP contribution in [0.4, 0.5) is 5.69 Å². The summed E-state index contributed by atoms with van der Waals surface area (Å²) in [6, 6.07) is 7.02. The number of β-amino-alcohol motifs (C(OH)–C–C–N with tert-alkyl or cyclic N) is 1. The molecule has 3 rings (SSSR count). The maximum absolute atomic E-state index is 12.5. The summed E-state index contributed by atoms with van der Waals surface area (Å²) in [6.45, 7) is 1.89. The third-order valence-corrected chi connectivity index (χ3v) is 4.44. The largest absolute Gasteiger partial charge is 0.466 e. The van der Waals surface area contributed by atoms with Crippen molar-refractivity contribution in [2.24, 2.45) is 0 Å². The molecule has 2 heterocycles. The molecular weight excluding hydrogens is 372 g/mol. The number of aliphatic hydroxyl groups excluding tert-OH is 1. The zero-order valence-corrected chi connectivity index (χ0v) is 15.7. The van der Waals surface area contributed by atoms with E-state index in [1.807, 2.05) is 13.0 Å². The van der Waals surface area contributed by atoms with E-state index in [1.165, 1.54) is 12.0 Å². The number of rotatable bonds is 6. The number of carbonyl (C=O) groups is 2. The number of aryl methyl sites for hydroxylation is 1. The molecule has 0 radical (unpaired) electrons. The molecule has 1 aliphatic rings. The molecule has 0 saturated heterocycles. The van der Waals surface area contributed by atoms with Crippen LogP contribution in [-0.4, -0.2) is 58.5 Å². The van der Waals surface area contributed by atoms with Crippen molar-refractivity contribution in [2.75, 3.05) is 32.1 Å². The Morgan fingerprint density at radius 1 is 1.41 bits per heavy atom. The number of nitrogens with one attached hydrogen (secondary N) is 1. The number of methoxy groups -OCH3 is 1. The van der Waals surface area contributed by atoms with E-state index in [0.717, 1.165) is 5.69 Å². The average Bonchev–Trinajstić information content (AvgIpc) is 3.20. The van der Waals surface area contributed by atoms with Gasteiger partial charge in [0.15, 0.2) is 0 Å². The van der Waals surface area contributed by atoms with Crippen LogP contribution in [0.5, 0.6) is 0 Å². The number of hydrogen-bond acceptors (Lipinski definition) is 6. The molecule has 1 amide bonds. The van der Waals surface area contributed by atoms with Crippen molar-refractivity contribution in [3.05, 3.63) is 52.4 Å². The van der Waals surface area contributed by atoms with Crippen LogP contribution in [0.25, 0.3) is 5.69 Å². The van der Waals surface area contributed by atoms with Gasteiger partial charge >= 0.3 is 5.97 Å². The highest BCUT2D eigenvalue weighted by Crippen LogP contribution is 2.27. The van der Waals surface area contributed by atoms with Gasteiger partial charge in [-0.2, -0.15) is 5.10 Å². The number of nitrogens with zero attached hydrogens (tertiary/aromatic N) is 3. The Balaban J connectivity index is 1.89. The van der Waals surface area contributed by atoms with Crippen molar-refractivity contribution >= 4 is 29.2 Å². The van der Waals surface area contributed by atoms with E-state index in [2.05, 4.69) is 10.4 Å². The highest BCUT2D eigenvalue weighted by atomic mass is 35.5. The predicted octanol–water partition coefficient (Wildman–Crippen LogP) is 1.51. The van der Waals surface area contributed by atoms with Gasteiger partial charge in [0.05, 0.1) is 42.2 Å². The summed E-state index contributed by atoms with van der Waals surface area (Å²) in [6.07, 6.45) is 1.80. The Bertz CT molecular complexity index is 922. The number of ether oxygens (including phenoxy) is 1. The minimum Gasteiger partial charge on any atom is -0.466 e. The molecule has 0 aliphatic carbocycles. The van der Waals surface area contributed by atoms with E-state index >= 15 is 0 Å². The second-order valence-electron chi connectivity index (χ2n) is 5.99. The van der Waals surface area contributed by atoms with E-state index in [1.54, 1.807) is 29.1 Å². The molecule has 27 heavy (non-hydrogen) atoms. The lowest BCUT2D eigenvalue weighted by Crippen LogP contribution is -2.31. The van der Waals surface area contributed by atoms with Crippen LogP contribution < -0.4 is 5.32 Å². The Kier molecular flexibility index (Phi) is 5.48. The summed E-state index contributed by atoms with van der Waals surface area (Å²) < 4.78 is 6.42. The molecule has 0 fully saturated rings. The van der Waals surface area contributed by atoms with Gasteiger partial charge in [-0.05, 0) is 31.2 Å². The van der Waals surface area contributed by atoms with Gasteiger partial charge in [0.25, 0.3) is 5.91 Å². The standard InChI is InChI=1S/C18H19ClN4O4/c1-11-5-6-23(21-11)15-4-3-12(9-14(15)19)20-16-13(18(26)27-2)10-22(7-8-24)17(16)25/h3-6,9,20,24H,7-8,10H2,1-2H3. The second-order valence-corrected chi connectivity index (χ2v) is 6.40. The number of esters is 1. The minimum absolute atomic E-state index is 0.0762. The van der Waals surface area contributed by atoms with Crippen molar-refractivity contribution in [3.63, 3.8) is 0 Å². The van der Waals surface area contributed by atoms with Crippen LogP contribution >= 0.6 is 11.6 Å². The van der Waals surface area contributed by atoms with Crippen molar-refractivity contribution in [3.8, 4) is 5.69 Å². The number of aromatic nitrogens is 2. The molecule has 2 N–H and O–H groups in total. The average molecular weight is 391 g/mol. The van der Waals surface area contributed by atoms with Crippen molar-refractivity contribution in [1.82, 2.24) is 14.7 Å².